The summed E-state index contributed by atoms with van der Waals surface area (Å²) in [5.41, 5.74) is 1.51. The molecule has 0 spiro atoms. The molecule has 0 bridgehead atoms. The van der Waals surface area contributed by atoms with E-state index in [2.05, 4.69) is 20.9 Å². The van der Waals surface area contributed by atoms with E-state index in [9.17, 15) is 4.79 Å². The average Bonchev–Trinajstić information content (AvgIpc) is 3.34. The molecule has 1 saturated carbocycles. The highest BCUT2D eigenvalue weighted by molar-refractivity contribution is 5.89. The van der Waals surface area contributed by atoms with E-state index in [0.29, 0.717) is 17.5 Å². The third kappa shape index (κ3) is 4.62. The van der Waals surface area contributed by atoms with Crippen molar-refractivity contribution in [3.63, 3.8) is 0 Å². The lowest BCUT2D eigenvalue weighted by Gasteiger charge is -2.15. The van der Waals surface area contributed by atoms with E-state index in [1.807, 2.05) is 50.2 Å². The number of benzene rings is 1. The van der Waals surface area contributed by atoms with Crippen molar-refractivity contribution in [2.75, 3.05) is 10.6 Å². The molecule has 24 heavy (non-hydrogen) atoms. The number of urea groups is 1. The number of carbonyl (C=O) groups is 1. The molecular formula is C18H22N4O2. The quantitative estimate of drug-likeness (QED) is 0.752. The lowest BCUT2D eigenvalue weighted by molar-refractivity contribution is 0.244. The molecule has 0 aliphatic heterocycles. The summed E-state index contributed by atoms with van der Waals surface area (Å²) in [6, 6.07) is 11.5. The monoisotopic (exact) mass is 326 g/mol. The van der Waals surface area contributed by atoms with Crippen molar-refractivity contribution in [3.05, 3.63) is 42.6 Å². The Morgan fingerprint density at radius 2 is 2.00 bits per heavy atom. The Labute approximate surface area is 141 Å². The Hall–Kier alpha value is -2.76. The van der Waals surface area contributed by atoms with Gasteiger partial charge in [0.15, 0.2) is 0 Å². The molecular weight excluding hydrogens is 304 g/mol. The van der Waals surface area contributed by atoms with Crippen LogP contribution >= 0.6 is 0 Å². The van der Waals surface area contributed by atoms with Gasteiger partial charge >= 0.3 is 6.03 Å². The molecule has 1 heterocycles. The molecule has 0 unspecified atom stereocenters. The van der Waals surface area contributed by atoms with Crippen LogP contribution in [0.2, 0.25) is 0 Å². The van der Waals surface area contributed by atoms with E-state index >= 15 is 0 Å². The largest absolute Gasteiger partial charge is 0.489 e. The van der Waals surface area contributed by atoms with Crippen LogP contribution in [0.3, 0.4) is 0 Å². The van der Waals surface area contributed by atoms with Gasteiger partial charge in [-0.25, -0.2) is 9.78 Å². The normalized spacial score (nSPS) is 13.5. The number of nitrogens with one attached hydrogen (secondary N) is 3. The Balaban J connectivity index is 1.62. The number of ether oxygens (including phenoxy) is 1. The van der Waals surface area contributed by atoms with E-state index in [-0.39, 0.29) is 12.1 Å². The van der Waals surface area contributed by atoms with Crippen molar-refractivity contribution in [2.24, 2.45) is 0 Å². The molecule has 1 aliphatic rings. The van der Waals surface area contributed by atoms with Gasteiger partial charge in [-0.05, 0) is 51.0 Å². The van der Waals surface area contributed by atoms with Crippen LogP contribution in [0, 0.1) is 0 Å². The smallest absolute Gasteiger partial charge is 0.319 e. The van der Waals surface area contributed by atoms with Crippen LogP contribution in [0.5, 0.6) is 5.75 Å². The lowest BCUT2D eigenvalue weighted by Crippen LogP contribution is -2.30. The van der Waals surface area contributed by atoms with Gasteiger partial charge in [-0.2, -0.15) is 0 Å². The fraction of sp³-hybridized carbons (Fsp3) is 0.333. The van der Waals surface area contributed by atoms with Crippen molar-refractivity contribution >= 4 is 23.2 Å². The maximum Gasteiger partial charge on any atom is 0.319 e. The highest BCUT2D eigenvalue weighted by Gasteiger charge is 2.23. The van der Waals surface area contributed by atoms with Gasteiger partial charge < -0.3 is 20.7 Å². The van der Waals surface area contributed by atoms with Crippen LogP contribution in [0.4, 0.5) is 22.0 Å². The third-order valence-corrected chi connectivity index (χ3v) is 3.45. The van der Waals surface area contributed by atoms with Crippen molar-refractivity contribution in [2.45, 2.75) is 38.8 Å². The lowest BCUT2D eigenvalue weighted by atomic mass is 10.3. The highest BCUT2D eigenvalue weighted by Crippen LogP contribution is 2.27. The zero-order valence-electron chi connectivity index (χ0n) is 13.9. The summed E-state index contributed by atoms with van der Waals surface area (Å²) in [5, 5.41) is 8.89. The number of aromatic nitrogens is 1. The maximum absolute atomic E-state index is 11.7. The van der Waals surface area contributed by atoms with Crippen molar-refractivity contribution in [1.82, 2.24) is 10.3 Å². The standard InChI is InChI=1S/C18H22N4O2/c1-12(2)24-16-6-4-3-5-15(16)22-17-10-9-14(11-19-17)21-18(23)20-13-7-8-13/h3-6,9-13H,7-8H2,1-2H3,(H,19,22)(H2,20,21,23). The Bertz CT molecular complexity index is 696. The second-order valence-electron chi connectivity index (χ2n) is 6.09. The second-order valence-corrected chi connectivity index (χ2v) is 6.09. The van der Waals surface area contributed by atoms with E-state index in [4.69, 9.17) is 4.74 Å². The zero-order chi connectivity index (χ0) is 16.9. The molecule has 0 saturated heterocycles. The van der Waals surface area contributed by atoms with Crippen LogP contribution in [-0.2, 0) is 0 Å². The molecule has 1 aromatic heterocycles. The van der Waals surface area contributed by atoms with Crippen LogP contribution in [-0.4, -0.2) is 23.2 Å². The molecule has 0 radical (unpaired) electrons. The fourth-order valence-corrected chi connectivity index (χ4v) is 2.19. The van der Waals surface area contributed by atoms with E-state index in [0.717, 1.165) is 24.3 Å². The van der Waals surface area contributed by atoms with Crippen molar-refractivity contribution in [1.29, 1.82) is 0 Å². The summed E-state index contributed by atoms with van der Waals surface area (Å²) in [7, 11) is 0. The Kier molecular flexibility index (Phi) is 4.84. The number of hydrogen-bond donors (Lipinski definition) is 3. The van der Waals surface area contributed by atoms with Gasteiger partial charge in [-0.15, -0.1) is 0 Å². The molecule has 3 rings (SSSR count). The first-order valence-corrected chi connectivity index (χ1v) is 8.16. The van der Waals surface area contributed by atoms with E-state index < -0.39 is 0 Å². The predicted octanol–water partition coefficient (Wildman–Crippen LogP) is 3.90. The molecule has 1 aromatic carbocycles. The van der Waals surface area contributed by atoms with Crippen LogP contribution < -0.4 is 20.7 Å². The predicted molar refractivity (Wildman–Crippen MR) is 94.9 cm³/mol. The maximum atomic E-state index is 11.7. The van der Waals surface area contributed by atoms with Crippen molar-refractivity contribution < 1.29 is 9.53 Å². The van der Waals surface area contributed by atoms with Gasteiger partial charge in [0, 0.05) is 6.04 Å². The number of anilines is 3. The Morgan fingerprint density at radius 1 is 1.21 bits per heavy atom. The number of pyridine rings is 1. The van der Waals surface area contributed by atoms with Crippen LogP contribution in [0.15, 0.2) is 42.6 Å². The summed E-state index contributed by atoms with van der Waals surface area (Å²) in [6.07, 6.45) is 3.84. The van der Waals surface area contributed by atoms with Gasteiger partial charge in [-0.1, -0.05) is 12.1 Å². The molecule has 1 aliphatic carbocycles. The summed E-state index contributed by atoms with van der Waals surface area (Å²) < 4.78 is 5.78. The second kappa shape index (κ2) is 7.21. The summed E-state index contributed by atoms with van der Waals surface area (Å²) in [6.45, 7) is 3.98. The molecule has 126 valence electrons. The molecule has 1 fully saturated rings. The first-order chi connectivity index (χ1) is 11.6. The topological polar surface area (TPSA) is 75.3 Å². The molecule has 2 aromatic rings. The van der Waals surface area contributed by atoms with E-state index in [1.54, 1.807) is 6.20 Å². The number of carbonyl (C=O) groups excluding carboxylic acids is 1. The minimum absolute atomic E-state index is 0.0949. The van der Waals surface area contributed by atoms with E-state index in [1.165, 1.54) is 0 Å². The number of rotatable bonds is 6. The Morgan fingerprint density at radius 3 is 2.67 bits per heavy atom. The average molecular weight is 326 g/mol. The molecule has 2 amide bonds. The molecule has 6 nitrogen and oxygen atoms in total. The third-order valence-electron chi connectivity index (χ3n) is 3.45. The van der Waals surface area contributed by atoms with Gasteiger partial charge in [0.25, 0.3) is 0 Å². The van der Waals surface area contributed by atoms with Gasteiger partial charge in [0.2, 0.25) is 0 Å². The first-order valence-electron chi connectivity index (χ1n) is 8.16. The first kappa shape index (κ1) is 16.1. The van der Waals surface area contributed by atoms with Crippen molar-refractivity contribution in [3.8, 4) is 5.75 Å². The van der Waals surface area contributed by atoms with Crippen LogP contribution in [0.1, 0.15) is 26.7 Å². The zero-order valence-corrected chi connectivity index (χ0v) is 13.9. The number of nitrogens with zero attached hydrogens (tertiary/aromatic N) is 1. The summed E-state index contributed by atoms with van der Waals surface area (Å²) in [4.78, 5) is 16.0. The fourth-order valence-electron chi connectivity index (χ4n) is 2.19. The van der Waals surface area contributed by atoms with Crippen LogP contribution in [0.25, 0.3) is 0 Å². The minimum Gasteiger partial charge on any atom is -0.489 e. The summed E-state index contributed by atoms with van der Waals surface area (Å²) >= 11 is 0. The number of hydrogen-bond acceptors (Lipinski definition) is 4. The number of amides is 2. The van der Waals surface area contributed by atoms with Gasteiger partial charge in [0.1, 0.15) is 11.6 Å². The summed E-state index contributed by atoms with van der Waals surface area (Å²) in [5.74, 6) is 1.46. The number of para-hydroxylation sites is 2. The SMILES string of the molecule is CC(C)Oc1ccccc1Nc1ccc(NC(=O)NC2CC2)cn1. The highest BCUT2D eigenvalue weighted by atomic mass is 16.5. The van der Waals surface area contributed by atoms with Gasteiger partial charge in [-0.3, -0.25) is 0 Å². The molecule has 3 N–H and O–H groups in total. The molecule has 6 heteroatoms. The minimum atomic E-state index is -0.185. The molecule has 0 atom stereocenters. The van der Waals surface area contributed by atoms with Gasteiger partial charge in [0.05, 0.1) is 23.7 Å².